The first-order valence-corrected chi connectivity index (χ1v) is 12.9. The van der Waals surface area contributed by atoms with Gasteiger partial charge in [0.25, 0.3) is 5.91 Å². The van der Waals surface area contributed by atoms with Crippen molar-refractivity contribution in [1.29, 1.82) is 0 Å². The Bertz CT molecular complexity index is 988. The van der Waals surface area contributed by atoms with Gasteiger partial charge in [-0.2, -0.15) is 0 Å². The third-order valence-electron chi connectivity index (χ3n) is 5.54. The molecule has 0 aromatic heterocycles. The average molecular weight is 572 g/mol. The highest BCUT2D eigenvalue weighted by Crippen LogP contribution is 2.32. The van der Waals surface area contributed by atoms with E-state index in [1.54, 1.807) is 25.1 Å². The van der Waals surface area contributed by atoms with Crippen LogP contribution in [0.2, 0.25) is 10.0 Å². The molecule has 0 unspecified atom stereocenters. The smallest absolute Gasteiger partial charge is 0.261 e. The molecule has 0 fully saturated rings. The van der Waals surface area contributed by atoms with Gasteiger partial charge < -0.3 is 15.0 Å². The summed E-state index contributed by atoms with van der Waals surface area (Å²) in [6, 6.07) is 10.2. The minimum atomic E-state index is -0.730. The highest BCUT2D eigenvalue weighted by molar-refractivity contribution is 9.10. The van der Waals surface area contributed by atoms with Crippen molar-refractivity contribution in [2.45, 2.75) is 65.5 Å². The lowest BCUT2D eigenvalue weighted by Gasteiger charge is -2.29. The molecular formula is C26H33BrCl2N2O3. The molecule has 0 heterocycles. The maximum Gasteiger partial charge on any atom is 0.261 e. The summed E-state index contributed by atoms with van der Waals surface area (Å²) in [5.74, 6) is -0.0289. The van der Waals surface area contributed by atoms with E-state index in [-0.39, 0.29) is 30.4 Å². The number of nitrogens with one attached hydrogen (secondary N) is 1. The molecular weight excluding hydrogens is 539 g/mol. The second-order valence-electron chi connectivity index (χ2n) is 9.23. The minimum Gasteiger partial charge on any atom is -0.483 e. The van der Waals surface area contributed by atoms with Gasteiger partial charge in [-0.25, -0.2) is 0 Å². The zero-order valence-electron chi connectivity index (χ0n) is 20.4. The summed E-state index contributed by atoms with van der Waals surface area (Å²) in [5, 5.41) is 3.76. The lowest BCUT2D eigenvalue weighted by molar-refractivity contribution is -0.142. The van der Waals surface area contributed by atoms with E-state index >= 15 is 0 Å². The van der Waals surface area contributed by atoms with Gasteiger partial charge in [0, 0.05) is 28.7 Å². The molecule has 2 aromatic rings. The third-order valence-corrected chi connectivity index (χ3v) is 6.86. The van der Waals surface area contributed by atoms with Crippen LogP contribution in [0.25, 0.3) is 0 Å². The molecule has 0 radical (unpaired) electrons. The Labute approximate surface area is 221 Å². The van der Waals surface area contributed by atoms with E-state index in [1.165, 1.54) is 4.90 Å². The van der Waals surface area contributed by atoms with Crippen LogP contribution in [0.3, 0.4) is 0 Å². The molecule has 0 spiro atoms. The zero-order chi connectivity index (χ0) is 25.5. The van der Waals surface area contributed by atoms with Crippen LogP contribution in [-0.2, 0) is 21.5 Å². The van der Waals surface area contributed by atoms with Crippen LogP contribution in [0.5, 0.6) is 5.75 Å². The fourth-order valence-electron chi connectivity index (χ4n) is 3.28. The van der Waals surface area contributed by atoms with Crippen molar-refractivity contribution in [2.24, 2.45) is 0 Å². The van der Waals surface area contributed by atoms with Gasteiger partial charge in [0.05, 0.1) is 4.47 Å². The number of hydrogen-bond acceptors (Lipinski definition) is 3. The van der Waals surface area contributed by atoms with Crippen molar-refractivity contribution in [3.63, 3.8) is 0 Å². The van der Waals surface area contributed by atoms with Crippen LogP contribution >= 0.6 is 39.1 Å². The summed E-state index contributed by atoms with van der Waals surface area (Å²) in [4.78, 5) is 27.5. The Kier molecular flexibility index (Phi) is 10.7. The Morgan fingerprint density at radius 1 is 1.15 bits per heavy atom. The van der Waals surface area contributed by atoms with Gasteiger partial charge in [0.15, 0.2) is 6.61 Å². The fraction of sp³-hybridized carbons (Fsp3) is 0.462. The number of carbonyl (C=O) groups is 2. The molecule has 2 amide bonds. The van der Waals surface area contributed by atoms with Crippen molar-refractivity contribution in [1.82, 2.24) is 10.2 Å². The maximum absolute atomic E-state index is 13.3. The van der Waals surface area contributed by atoms with E-state index in [9.17, 15) is 9.59 Å². The molecule has 5 nitrogen and oxygen atoms in total. The van der Waals surface area contributed by atoms with Gasteiger partial charge >= 0.3 is 0 Å². The average Bonchev–Trinajstić information content (AvgIpc) is 2.77. The van der Waals surface area contributed by atoms with Gasteiger partial charge in [-0.1, -0.05) is 69.5 Å². The van der Waals surface area contributed by atoms with Crippen molar-refractivity contribution >= 4 is 50.9 Å². The molecule has 8 heteroatoms. The quantitative estimate of drug-likeness (QED) is 0.320. The van der Waals surface area contributed by atoms with E-state index in [4.69, 9.17) is 27.9 Å². The summed E-state index contributed by atoms with van der Waals surface area (Å²) >= 11 is 16.2. The molecule has 0 aliphatic heterocycles. The topological polar surface area (TPSA) is 58.6 Å². The largest absolute Gasteiger partial charge is 0.483 e. The second-order valence-corrected chi connectivity index (χ2v) is 10.9. The first-order valence-electron chi connectivity index (χ1n) is 11.4. The highest BCUT2D eigenvalue weighted by Gasteiger charge is 2.28. The molecule has 2 rings (SSSR count). The normalized spacial score (nSPS) is 12.2. The lowest BCUT2D eigenvalue weighted by atomic mass is 9.87. The Hall–Kier alpha value is -1.76. The van der Waals surface area contributed by atoms with Crippen LogP contribution in [-0.4, -0.2) is 35.9 Å². The number of rotatable bonds is 10. The Morgan fingerprint density at radius 3 is 2.35 bits per heavy atom. The monoisotopic (exact) mass is 570 g/mol. The minimum absolute atomic E-state index is 0.0115. The van der Waals surface area contributed by atoms with Crippen LogP contribution < -0.4 is 10.1 Å². The predicted octanol–water partition coefficient (Wildman–Crippen LogP) is 6.77. The standard InChI is InChI=1S/C26H33BrCl2N2O3/c1-6-7-13-30-25(33)17(2)31(15-19-21(28)9-8-10-22(19)29)24(32)16-34-23-12-11-18(14-20(23)27)26(3,4)5/h8-12,14,17H,6-7,13,15-16H2,1-5H3,(H,30,33)/t17-/m1/s1. The summed E-state index contributed by atoms with van der Waals surface area (Å²) in [7, 11) is 0. The number of ether oxygens (including phenoxy) is 1. The number of nitrogens with zero attached hydrogens (tertiary/aromatic N) is 1. The summed E-state index contributed by atoms with van der Waals surface area (Å²) in [6.45, 7) is 10.5. The van der Waals surface area contributed by atoms with Gasteiger partial charge in [-0.3, -0.25) is 9.59 Å². The number of amides is 2. The van der Waals surface area contributed by atoms with Crippen molar-refractivity contribution < 1.29 is 14.3 Å². The summed E-state index contributed by atoms with van der Waals surface area (Å²) in [5.41, 5.74) is 1.72. The number of hydrogen-bond donors (Lipinski definition) is 1. The van der Waals surface area contributed by atoms with E-state index in [0.29, 0.717) is 27.9 Å². The van der Waals surface area contributed by atoms with Gasteiger partial charge in [0.2, 0.25) is 5.91 Å². The molecule has 0 saturated heterocycles. The first-order chi connectivity index (χ1) is 16.0. The van der Waals surface area contributed by atoms with Crippen molar-refractivity contribution in [2.75, 3.05) is 13.2 Å². The van der Waals surface area contributed by atoms with Crippen LogP contribution in [0.1, 0.15) is 58.6 Å². The summed E-state index contributed by atoms with van der Waals surface area (Å²) < 4.78 is 6.60. The second kappa shape index (κ2) is 12.8. The SMILES string of the molecule is CCCCNC(=O)[C@@H](C)N(Cc1c(Cl)cccc1Cl)C(=O)COc1ccc(C(C)(C)C)cc1Br. The maximum atomic E-state index is 13.3. The molecule has 1 N–H and O–H groups in total. The highest BCUT2D eigenvalue weighted by atomic mass is 79.9. The fourth-order valence-corrected chi connectivity index (χ4v) is 4.29. The third kappa shape index (κ3) is 7.89. The molecule has 34 heavy (non-hydrogen) atoms. The molecule has 2 aromatic carbocycles. The molecule has 0 aliphatic rings. The molecule has 0 bridgehead atoms. The van der Waals surface area contributed by atoms with E-state index in [2.05, 4.69) is 42.0 Å². The number of unbranched alkanes of at least 4 members (excludes halogenated alkanes) is 1. The number of carbonyl (C=O) groups excluding carboxylic acids is 2. The van der Waals surface area contributed by atoms with Crippen LogP contribution in [0.4, 0.5) is 0 Å². The van der Waals surface area contributed by atoms with Gasteiger partial charge in [0.1, 0.15) is 11.8 Å². The lowest BCUT2D eigenvalue weighted by Crippen LogP contribution is -2.49. The number of halogens is 3. The van der Waals surface area contributed by atoms with Crippen molar-refractivity contribution in [3.05, 3.63) is 62.0 Å². The Morgan fingerprint density at radius 2 is 1.79 bits per heavy atom. The van der Waals surface area contributed by atoms with Gasteiger partial charge in [-0.05, 0) is 64.5 Å². The van der Waals surface area contributed by atoms with E-state index in [1.807, 2.05) is 25.1 Å². The molecule has 1 atom stereocenters. The van der Waals surface area contributed by atoms with Crippen molar-refractivity contribution in [3.8, 4) is 5.75 Å². The van der Waals surface area contributed by atoms with E-state index in [0.717, 1.165) is 22.9 Å². The molecule has 0 saturated carbocycles. The predicted molar refractivity (Wildman–Crippen MR) is 143 cm³/mol. The first kappa shape index (κ1) is 28.5. The zero-order valence-corrected chi connectivity index (χ0v) is 23.5. The summed E-state index contributed by atoms with van der Waals surface area (Å²) in [6.07, 6.45) is 1.83. The Balaban J connectivity index is 2.22. The van der Waals surface area contributed by atoms with Crippen LogP contribution in [0, 0.1) is 0 Å². The van der Waals surface area contributed by atoms with Crippen LogP contribution in [0.15, 0.2) is 40.9 Å². The molecule has 0 aliphatic carbocycles. The van der Waals surface area contributed by atoms with Gasteiger partial charge in [-0.15, -0.1) is 0 Å². The number of benzene rings is 2. The molecule has 186 valence electrons. The van der Waals surface area contributed by atoms with E-state index < -0.39 is 6.04 Å².